The molecule has 0 aliphatic carbocycles. The van der Waals surface area contributed by atoms with E-state index in [9.17, 15) is 0 Å². The molecule has 5 aromatic heterocycles. The van der Waals surface area contributed by atoms with Crippen molar-refractivity contribution in [1.29, 1.82) is 0 Å². The van der Waals surface area contributed by atoms with Gasteiger partial charge in [-0.2, -0.15) is 0 Å². The second-order valence-corrected chi connectivity index (χ2v) is 15.3. The van der Waals surface area contributed by atoms with E-state index in [2.05, 4.69) is 152 Å². The molecule has 6 aromatic carbocycles. The molecule has 264 valence electrons. The van der Waals surface area contributed by atoms with Gasteiger partial charge in [0.2, 0.25) is 0 Å². The molecule has 0 bridgehead atoms. The van der Waals surface area contributed by atoms with E-state index in [1.54, 1.807) is 0 Å². The van der Waals surface area contributed by atoms with Crippen molar-refractivity contribution < 1.29 is 4.74 Å². The molecular weight excluding hydrogens is 675 g/mol. The van der Waals surface area contributed by atoms with Crippen LogP contribution in [-0.2, 0) is 0 Å². The van der Waals surface area contributed by atoms with Gasteiger partial charge in [0, 0.05) is 27.7 Å². The van der Waals surface area contributed by atoms with E-state index < -0.39 is 0 Å². The third-order valence-electron chi connectivity index (χ3n) is 11.3. The van der Waals surface area contributed by atoms with Crippen molar-refractivity contribution >= 4 is 76.8 Å². The van der Waals surface area contributed by atoms with Crippen LogP contribution in [0.15, 0.2) is 140 Å². The standard InChI is InChI=1S/C49H37N5O/c1-28(2)33-11-9-12-34(29(3)4)46(33)30-18-21-36-35-22-19-31(26-38(35)48-51-41-14-6-8-16-43(41)54(48)45(36)25-30)55-32-20-23-37-39(27-32)49-52-40-13-5-7-15-42(40)53(49)44-17-10-24-50-47(37)44/h5-29H,1-4H3. The van der Waals surface area contributed by atoms with Crippen LogP contribution in [0.4, 0.5) is 0 Å². The van der Waals surface area contributed by atoms with Crippen LogP contribution in [0.25, 0.3) is 88.0 Å². The number of ether oxygens (including phenoxy) is 1. The Balaban J connectivity index is 1.11. The normalized spacial score (nSPS) is 12.3. The summed E-state index contributed by atoms with van der Waals surface area (Å²) in [6.45, 7) is 9.15. The van der Waals surface area contributed by atoms with Crippen molar-refractivity contribution in [2.24, 2.45) is 0 Å². The Morgan fingerprint density at radius 2 is 1.04 bits per heavy atom. The average Bonchev–Trinajstić information content (AvgIpc) is 3.81. The van der Waals surface area contributed by atoms with E-state index in [-0.39, 0.29) is 0 Å². The van der Waals surface area contributed by atoms with Crippen LogP contribution in [0.2, 0.25) is 0 Å². The maximum atomic E-state index is 6.72. The van der Waals surface area contributed by atoms with E-state index >= 15 is 0 Å². The van der Waals surface area contributed by atoms with Gasteiger partial charge in [0.05, 0.1) is 38.6 Å². The molecule has 0 saturated carbocycles. The van der Waals surface area contributed by atoms with Gasteiger partial charge in [-0.3, -0.25) is 13.8 Å². The highest BCUT2D eigenvalue weighted by atomic mass is 16.5. The first-order chi connectivity index (χ1) is 26.9. The van der Waals surface area contributed by atoms with Crippen molar-refractivity contribution in [3.05, 3.63) is 151 Å². The Morgan fingerprint density at radius 3 is 1.69 bits per heavy atom. The highest BCUT2D eigenvalue weighted by molar-refractivity contribution is 6.15. The Hall–Kier alpha value is -6.79. The number of fused-ring (bicyclic) bond motifs is 16. The number of pyridine rings is 3. The second kappa shape index (κ2) is 11.9. The summed E-state index contributed by atoms with van der Waals surface area (Å²) in [7, 11) is 0. The molecule has 0 N–H and O–H groups in total. The van der Waals surface area contributed by atoms with Crippen LogP contribution in [0.5, 0.6) is 11.5 Å². The molecule has 11 aromatic rings. The molecule has 5 heterocycles. The summed E-state index contributed by atoms with van der Waals surface area (Å²) >= 11 is 0. The number of para-hydroxylation sites is 4. The number of hydrogen-bond acceptors (Lipinski definition) is 4. The topological polar surface area (TPSA) is 56.7 Å². The van der Waals surface area contributed by atoms with Crippen molar-refractivity contribution in [2.75, 3.05) is 0 Å². The lowest BCUT2D eigenvalue weighted by molar-refractivity contribution is 0.484. The Labute approximate surface area is 317 Å². The lowest BCUT2D eigenvalue weighted by Gasteiger charge is -2.21. The number of imidazole rings is 2. The van der Waals surface area contributed by atoms with Gasteiger partial charge in [-0.15, -0.1) is 0 Å². The zero-order valence-electron chi connectivity index (χ0n) is 31.1. The molecule has 6 heteroatoms. The predicted octanol–water partition coefficient (Wildman–Crippen LogP) is 13.0. The van der Waals surface area contributed by atoms with E-state index in [1.807, 2.05) is 24.4 Å². The van der Waals surface area contributed by atoms with Crippen molar-refractivity contribution in [1.82, 2.24) is 23.8 Å². The lowest BCUT2D eigenvalue weighted by Crippen LogP contribution is -2.00. The van der Waals surface area contributed by atoms with Crippen LogP contribution in [0.3, 0.4) is 0 Å². The summed E-state index contributed by atoms with van der Waals surface area (Å²) < 4.78 is 11.3. The second-order valence-electron chi connectivity index (χ2n) is 15.3. The zero-order chi connectivity index (χ0) is 36.9. The minimum Gasteiger partial charge on any atom is -0.457 e. The molecule has 0 aliphatic rings. The summed E-state index contributed by atoms with van der Waals surface area (Å²) in [6.07, 6.45) is 1.85. The minimum atomic E-state index is 0.400. The van der Waals surface area contributed by atoms with E-state index in [1.165, 1.54) is 27.6 Å². The highest BCUT2D eigenvalue weighted by Crippen LogP contribution is 2.41. The van der Waals surface area contributed by atoms with Crippen LogP contribution in [0.1, 0.15) is 50.7 Å². The molecule has 55 heavy (non-hydrogen) atoms. The summed E-state index contributed by atoms with van der Waals surface area (Å²) in [6, 6.07) is 47.2. The Morgan fingerprint density at radius 1 is 0.473 bits per heavy atom. The monoisotopic (exact) mass is 711 g/mol. The summed E-state index contributed by atoms with van der Waals surface area (Å²) in [5.74, 6) is 2.28. The number of rotatable bonds is 5. The maximum Gasteiger partial charge on any atom is 0.146 e. The number of aromatic nitrogens is 5. The quantitative estimate of drug-likeness (QED) is 0.167. The minimum absolute atomic E-state index is 0.400. The van der Waals surface area contributed by atoms with Gasteiger partial charge in [0.15, 0.2) is 0 Å². The van der Waals surface area contributed by atoms with Crippen molar-refractivity contribution in [3.8, 4) is 22.6 Å². The van der Waals surface area contributed by atoms with Crippen LogP contribution in [0, 0.1) is 0 Å². The fraction of sp³-hybridized carbons (Fsp3) is 0.122. The summed E-state index contributed by atoms with van der Waals surface area (Å²) in [5.41, 5.74) is 14.3. The number of hydrogen-bond donors (Lipinski definition) is 0. The van der Waals surface area contributed by atoms with Gasteiger partial charge in [0.25, 0.3) is 0 Å². The SMILES string of the molecule is CC(C)c1cccc(C(C)C)c1-c1ccc2c3ccc(Oc4ccc5c(c4)c4nc6ccccc6n4c4cccnc54)cc3c3nc4ccccc4n3c2c1. The maximum absolute atomic E-state index is 6.72. The van der Waals surface area contributed by atoms with Gasteiger partial charge < -0.3 is 4.74 Å². The smallest absolute Gasteiger partial charge is 0.146 e. The van der Waals surface area contributed by atoms with E-state index in [0.717, 1.165) is 83.0 Å². The first-order valence-electron chi connectivity index (χ1n) is 19.1. The Kier molecular flexibility index (Phi) is 6.84. The third kappa shape index (κ3) is 4.70. The molecule has 0 atom stereocenters. The molecular formula is C49H37N5O. The molecule has 11 rings (SSSR count). The zero-order valence-corrected chi connectivity index (χ0v) is 31.1. The van der Waals surface area contributed by atoms with Crippen LogP contribution in [-0.4, -0.2) is 23.8 Å². The van der Waals surface area contributed by atoms with Gasteiger partial charge in [-0.25, -0.2) is 9.97 Å². The molecule has 0 saturated heterocycles. The molecule has 0 aliphatic heterocycles. The predicted molar refractivity (Wildman–Crippen MR) is 227 cm³/mol. The Bertz CT molecular complexity index is 3340. The summed E-state index contributed by atoms with van der Waals surface area (Å²) in [5, 5.41) is 5.38. The average molecular weight is 712 g/mol. The van der Waals surface area contributed by atoms with E-state index in [4.69, 9.17) is 19.7 Å². The lowest BCUT2D eigenvalue weighted by atomic mass is 9.84. The molecule has 0 fully saturated rings. The van der Waals surface area contributed by atoms with Crippen LogP contribution < -0.4 is 4.74 Å². The fourth-order valence-electron chi connectivity index (χ4n) is 8.79. The van der Waals surface area contributed by atoms with E-state index in [0.29, 0.717) is 11.8 Å². The molecule has 0 radical (unpaired) electrons. The molecule has 6 nitrogen and oxygen atoms in total. The highest BCUT2D eigenvalue weighted by Gasteiger charge is 2.20. The first-order valence-corrected chi connectivity index (χ1v) is 19.1. The first kappa shape index (κ1) is 31.7. The number of nitrogens with zero attached hydrogens (tertiary/aromatic N) is 5. The van der Waals surface area contributed by atoms with Gasteiger partial charge in [-0.05, 0) is 118 Å². The fourth-order valence-corrected chi connectivity index (χ4v) is 8.79. The van der Waals surface area contributed by atoms with Gasteiger partial charge >= 0.3 is 0 Å². The molecule has 0 amide bonds. The van der Waals surface area contributed by atoms with Crippen LogP contribution >= 0.6 is 0 Å². The van der Waals surface area contributed by atoms with Gasteiger partial charge in [-0.1, -0.05) is 82.3 Å². The summed E-state index contributed by atoms with van der Waals surface area (Å²) in [4.78, 5) is 15.1. The largest absolute Gasteiger partial charge is 0.457 e. The molecule has 0 unspecified atom stereocenters. The number of benzene rings is 6. The third-order valence-corrected chi connectivity index (χ3v) is 11.3. The molecule has 0 spiro atoms. The van der Waals surface area contributed by atoms with Crippen molar-refractivity contribution in [2.45, 2.75) is 39.5 Å². The van der Waals surface area contributed by atoms with Gasteiger partial charge in [0.1, 0.15) is 22.8 Å². The van der Waals surface area contributed by atoms with Crippen molar-refractivity contribution in [3.63, 3.8) is 0 Å².